The van der Waals surface area contributed by atoms with Gasteiger partial charge in [0.2, 0.25) is 0 Å². The van der Waals surface area contributed by atoms with Crippen LogP contribution in [0.25, 0.3) is 5.82 Å². The van der Waals surface area contributed by atoms with Crippen molar-refractivity contribution in [2.45, 2.75) is 19.8 Å². The maximum Gasteiger partial charge on any atom is 0.267 e. The maximum absolute atomic E-state index is 12.6. The molecule has 18 heavy (non-hydrogen) atoms. The standard InChI is InChI=1S/C12H10F2N4/c1-8-10(12(13)14)7-18(17-8)11-3-2-9(4-5-15)6-16-11/h2-3,6-7,12H,4H2,1H3. The van der Waals surface area contributed by atoms with Crippen molar-refractivity contribution < 1.29 is 8.78 Å². The molecule has 0 bridgehead atoms. The van der Waals surface area contributed by atoms with E-state index in [1.807, 2.05) is 6.07 Å². The largest absolute Gasteiger partial charge is 0.267 e. The molecule has 0 amide bonds. The molecule has 0 radical (unpaired) electrons. The van der Waals surface area contributed by atoms with Crippen LogP contribution >= 0.6 is 0 Å². The minimum Gasteiger partial charge on any atom is -0.237 e. The van der Waals surface area contributed by atoms with Gasteiger partial charge >= 0.3 is 0 Å². The van der Waals surface area contributed by atoms with Crippen molar-refractivity contribution in [3.63, 3.8) is 0 Å². The average Bonchev–Trinajstić information content (AvgIpc) is 2.73. The van der Waals surface area contributed by atoms with Crippen LogP contribution in [0.4, 0.5) is 8.78 Å². The molecule has 0 aromatic carbocycles. The summed E-state index contributed by atoms with van der Waals surface area (Å²) >= 11 is 0. The molecule has 0 N–H and O–H groups in total. The van der Waals surface area contributed by atoms with Crippen LogP contribution in [0.1, 0.15) is 23.2 Å². The quantitative estimate of drug-likeness (QED) is 0.838. The van der Waals surface area contributed by atoms with Crippen molar-refractivity contribution in [2.24, 2.45) is 0 Å². The third-order valence-corrected chi connectivity index (χ3v) is 2.50. The highest BCUT2D eigenvalue weighted by Crippen LogP contribution is 2.22. The molecular formula is C12H10F2N4. The Hall–Kier alpha value is -2.29. The number of alkyl halides is 2. The molecule has 92 valence electrons. The molecule has 0 spiro atoms. The Morgan fingerprint density at radius 3 is 2.72 bits per heavy atom. The molecule has 0 saturated heterocycles. The SMILES string of the molecule is Cc1nn(-c2ccc(CC#N)cn2)cc1C(F)F. The molecule has 0 aliphatic carbocycles. The number of hydrogen-bond donors (Lipinski definition) is 0. The van der Waals surface area contributed by atoms with Crippen molar-refractivity contribution in [3.05, 3.63) is 41.3 Å². The van der Waals surface area contributed by atoms with Crippen LogP contribution in [0.15, 0.2) is 24.5 Å². The van der Waals surface area contributed by atoms with Crippen LogP contribution in [-0.4, -0.2) is 14.8 Å². The third kappa shape index (κ3) is 2.35. The molecule has 0 aliphatic heterocycles. The number of aryl methyl sites for hydroxylation is 1. The number of pyridine rings is 1. The summed E-state index contributed by atoms with van der Waals surface area (Å²) in [5, 5.41) is 12.5. The van der Waals surface area contributed by atoms with Crippen LogP contribution in [0.3, 0.4) is 0 Å². The number of nitrogens with zero attached hydrogens (tertiary/aromatic N) is 4. The summed E-state index contributed by atoms with van der Waals surface area (Å²) in [5.74, 6) is 0.451. The van der Waals surface area contributed by atoms with E-state index in [-0.39, 0.29) is 17.7 Å². The lowest BCUT2D eigenvalue weighted by Gasteiger charge is -2.00. The number of hydrogen-bond acceptors (Lipinski definition) is 3. The van der Waals surface area contributed by atoms with Crippen molar-refractivity contribution >= 4 is 0 Å². The molecule has 2 aromatic rings. The molecule has 0 unspecified atom stereocenters. The van der Waals surface area contributed by atoms with Gasteiger partial charge in [-0.15, -0.1) is 0 Å². The molecule has 0 fully saturated rings. The Morgan fingerprint density at radius 2 is 2.22 bits per heavy atom. The summed E-state index contributed by atoms with van der Waals surface area (Å²) in [6.07, 6.45) is 0.536. The molecule has 2 heterocycles. The minimum atomic E-state index is -2.54. The van der Waals surface area contributed by atoms with Gasteiger partial charge in [-0.05, 0) is 18.6 Å². The van der Waals surface area contributed by atoms with E-state index in [0.717, 1.165) is 5.56 Å². The fourth-order valence-electron chi connectivity index (χ4n) is 1.55. The molecule has 6 heteroatoms. The molecule has 2 aromatic heterocycles. The normalized spacial score (nSPS) is 10.6. The van der Waals surface area contributed by atoms with Gasteiger partial charge in [0.25, 0.3) is 6.43 Å². The lowest BCUT2D eigenvalue weighted by atomic mass is 10.2. The smallest absolute Gasteiger partial charge is 0.237 e. The van der Waals surface area contributed by atoms with Crippen molar-refractivity contribution in [3.8, 4) is 11.9 Å². The Morgan fingerprint density at radius 1 is 1.44 bits per heavy atom. The van der Waals surface area contributed by atoms with E-state index in [1.165, 1.54) is 24.0 Å². The molecule has 0 atom stereocenters. The lowest BCUT2D eigenvalue weighted by molar-refractivity contribution is 0.150. The second-order valence-electron chi connectivity index (χ2n) is 3.77. The first kappa shape index (κ1) is 12.2. The van der Waals surface area contributed by atoms with Gasteiger partial charge in [-0.25, -0.2) is 18.4 Å². The first-order chi connectivity index (χ1) is 8.61. The van der Waals surface area contributed by atoms with Gasteiger partial charge in [-0.3, -0.25) is 0 Å². The van der Waals surface area contributed by atoms with Gasteiger partial charge in [-0.2, -0.15) is 10.4 Å². The zero-order chi connectivity index (χ0) is 13.1. The van der Waals surface area contributed by atoms with Crippen LogP contribution in [0.2, 0.25) is 0 Å². The lowest BCUT2D eigenvalue weighted by Crippen LogP contribution is -1.98. The van der Waals surface area contributed by atoms with Gasteiger partial charge in [0.15, 0.2) is 5.82 Å². The molecule has 2 rings (SSSR count). The second-order valence-corrected chi connectivity index (χ2v) is 3.77. The Balaban J connectivity index is 2.32. The first-order valence-electron chi connectivity index (χ1n) is 5.28. The van der Waals surface area contributed by atoms with E-state index >= 15 is 0 Å². The van der Waals surface area contributed by atoms with E-state index in [2.05, 4.69) is 10.1 Å². The van der Waals surface area contributed by atoms with Crippen LogP contribution in [-0.2, 0) is 6.42 Å². The van der Waals surface area contributed by atoms with Crippen molar-refractivity contribution in [2.75, 3.05) is 0 Å². The Kier molecular flexibility index (Phi) is 3.33. The average molecular weight is 248 g/mol. The number of aromatic nitrogens is 3. The van der Waals surface area contributed by atoms with E-state index in [0.29, 0.717) is 5.82 Å². The third-order valence-electron chi connectivity index (χ3n) is 2.50. The Labute approximate surface area is 102 Å². The predicted octanol–water partition coefficient (Wildman–Crippen LogP) is 2.58. The van der Waals surface area contributed by atoms with Crippen LogP contribution in [0, 0.1) is 18.3 Å². The highest BCUT2D eigenvalue weighted by molar-refractivity contribution is 5.29. The summed E-state index contributed by atoms with van der Waals surface area (Å²) in [4.78, 5) is 4.09. The van der Waals surface area contributed by atoms with Gasteiger partial charge in [0, 0.05) is 12.4 Å². The summed E-state index contributed by atoms with van der Waals surface area (Å²) in [5.41, 5.74) is 0.963. The maximum atomic E-state index is 12.6. The van der Waals surface area contributed by atoms with Gasteiger partial charge in [0.05, 0.1) is 23.7 Å². The summed E-state index contributed by atoms with van der Waals surface area (Å²) in [7, 11) is 0. The fourth-order valence-corrected chi connectivity index (χ4v) is 1.55. The highest BCUT2D eigenvalue weighted by Gasteiger charge is 2.15. The van der Waals surface area contributed by atoms with Crippen LogP contribution in [0.5, 0.6) is 0 Å². The number of halogens is 2. The van der Waals surface area contributed by atoms with E-state index in [9.17, 15) is 8.78 Å². The summed E-state index contributed by atoms with van der Waals surface area (Å²) < 4.78 is 26.5. The summed E-state index contributed by atoms with van der Waals surface area (Å²) in [6.45, 7) is 1.53. The van der Waals surface area contributed by atoms with Crippen molar-refractivity contribution in [1.82, 2.24) is 14.8 Å². The zero-order valence-corrected chi connectivity index (χ0v) is 9.64. The fraction of sp³-hybridized carbons (Fsp3) is 0.250. The monoisotopic (exact) mass is 248 g/mol. The van der Waals surface area contributed by atoms with Gasteiger partial charge < -0.3 is 0 Å². The van der Waals surface area contributed by atoms with Crippen molar-refractivity contribution in [1.29, 1.82) is 5.26 Å². The van der Waals surface area contributed by atoms with Gasteiger partial charge in [0.1, 0.15) is 0 Å². The molecule has 0 saturated carbocycles. The number of nitriles is 1. The second kappa shape index (κ2) is 4.92. The highest BCUT2D eigenvalue weighted by atomic mass is 19.3. The Bertz CT molecular complexity index is 581. The molecule has 0 aliphatic rings. The molecular weight excluding hydrogens is 238 g/mol. The zero-order valence-electron chi connectivity index (χ0n) is 9.64. The topological polar surface area (TPSA) is 54.5 Å². The number of rotatable bonds is 3. The van der Waals surface area contributed by atoms with E-state index < -0.39 is 6.43 Å². The predicted molar refractivity (Wildman–Crippen MR) is 60.4 cm³/mol. The molecule has 4 nitrogen and oxygen atoms in total. The first-order valence-corrected chi connectivity index (χ1v) is 5.28. The van der Waals surface area contributed by atoms with E-state index in [1.54, 1.807) is 12.1 Å². The van der Waals surface area contributed by atoms with Gasteiger partial charge in [-0.1, -0.05) is 6.07 Å². The minimum absolute atomic E-state index is 0.0992. The van der Waals surface area contributed by atoms with Crippen LogP contribution < -0.4 is 0 Å². The van der Waals surface area contributed by atoms with E-state index in [4.69, 9.17) is 5.26 Å². The summed E-state index contributed by atoms with van der Waals surface area (Å²) in [6, 6.07) is 5.38.